The molecule has 0 fully saturated rings. The van der Waals surface area contributed by atoms with Gasteiger partial charge in [0.25, 0.3) is 0 Å². The third kappa shape index (κ3) is 5.32. The van der Waals surface area contributed by atoms with Crippen molar-refractivity contribution in [2.45, 2.75) is 0 Å². The molecule has 282 valence electrons. The first-order valence-electron chi connectivity index (χ1n) is 20.0. The van der Waals surface area contributed by atoms with Gasteiger partial charge in [-0.1, -0.05) is 109 Å². The van der Waals surface area contributed by atoms with Gasteiger partial charge < -0.3 is 9.13 Å². The Kier molecular flexibility index (Phi) is 7.73. The van der Waals surface area contributed by atoms with Crippen LogP contribution in [0.15, 0.2) is 182 Å². The van der Waals surface area contributed by atoms with Crippen LogP contribution in [0.25, 0.3) is 114 Å². The fourth-order valence-electron chi connectivity index (χ4n) is 9.07. The van der Waals surface area contributed by atoms with Crippen LogP contribution >= 0.6 is 11.3 Å². The van der Waals surface area contributed by atoms with Crippen molar-refractivity contribution in [3.8, 4) is 51.3 Å². The molecule has 0 atom stereocenters. The van der Waals surface area contributed by atoms with Crippen molar-refractivity contribution in [1.29, 1.82) is 5.26 Å². The first-order valence-corrected chi connectivity index (χ1v) is 20.8. The summed E-state index contributed by atoms with van der Waals surface area (Å²) < 4.78 is 6.94. The molecule has 0 saturated carbocycles. The topological polar surface area (TPSA) is 63.8 Å². The molecule has 12 aromatic rings. The zero-order valence-electron chi connectivity index (χ0n) is 32.4. The third-order valence-corrected chi connectivity index (χ3v) is 12.9. The fraction of sp³-hybridized carbons (Fsp3) is 0. The second kappa shape index (κ2) is 13.6. The molecule has 0 saturated heterocycles. The molecule has 12 rings (SSSR count). The van der Waals surface area contributed by atoms with Crippen LogP contribution in [0, 0.1) is 17.9 Å². The van der Waals surface area contributed by atoms with E-state index in [0.717, 1.165) is 60.7 Å². The minimum atomic E-state index is 0.355. The smallest absolute Gasteiger partial charge is 0.211 e. The Morgan fingerprint density at radius 3 is 1.79 bits per heavy atom. The van der Waals surface area contributed by atoms with Gasteiger partial charge in [-0.2, -0.15) is 5.26 Å². The molecule has 0 N–H and O–H groups in total. The second-order valence-electron chi connectivity index (χ2n) is 15.1. The number of nitriles is 1. The molecule has 8 aromatic carbocycles. The summed E-state index contributed by atoms with van der Waals surface area (Å²) in [6.07, 6.45) is 0. The molecule has 0 amide bonds. The van der Waals surface area contributed by atoms with Crippen LogP contribution in [-0.4, -0.2) is 19.1 Å². The zero-order chi connectivity index (χ0) is 40.6. The van der Waals surface area contributed by atoms with E-state index in [1.807, 2.05) is 60.7 Å². The first-order chi connectivity index (χ1) is 30.2. The maximum Gasteiger partial charge on any atom is 0.211 e. The van der Waals surface area contributed by atoms with Gasteiger partial charge in [0.1, 0.15) is 11.6 Å². The Morgan fingerprint density at radius 2 is 1.07 bits per heavy atom. The summed E-state index contributed by atoms with van der Waals surface area (Å²) in [5.74, 6) is 0.513. The maximum absolute atomic E-state index is 10.8. The van der Waals surface area contributed by atoms with Gasteiger partial charge >= 0.3 is 0 Å². The summed E-state index contributed by atoms with van der Waals surface area (Å²) in [7, 11) is 0. The lowest BCUT2D eigenvalue weighted by atomic mass is 9.99. The van der Waals surface area contributed by atoms with Gasteiger partial charge in [-0.05, 0) is 78.4 Å². The van der Waals surface area contributed by atoms with Crippen molar-refractivity contribution in [2.24, 2.45) is 0 Å². The van der Waals surface area contributed by atoms with Crippen molar-refractivity contribution in [1.82, 2.24) is 19.1 Å². The lowest BCUT2D eigenvalue weighted by Crippen LogP contribution is -2.01. The average Bonchev–Trinajstić information content (AvgIpc) is 3.97. The van der Waals surface area contributed by atoms with Gasteiger partial charge in [0, 0.05) is 58.5 Å². The Balaban J connectivity index is 1.09. The van der Waals surface area contributed by atoms with Crippen LogP contribution < -0.4 is 0 Å². The predicted molar refractivity (Wildman–Crippen MR) is 251 cm³/mol. The summed E-state index contributed by atoms with van der Waals surface area (Å²) in [5, 5.41) is 17.7. The number of rotatable bonds is 5. The van der Waals surface area contributed by atoms with E-state index < -0.39 is 0 Å². The van der Waals surface area contributed by atoms with Crippen molar-refractivity contribution < 1.29 is 0 Å². The van der Waals surface area contributed by atoms with Gasteiger partial charge in [0.2, 0.25) is 5.69 Å². The molecule has 0 aliphatic heterocycles. The molecule has 0 spiro atoms. The highest BCUT2D eigenvalue weighted by atomic mass is 32.1. The van der Waals surface area contributed by atoms with Crippen LogP contribution in [0.1, 0.15) is 5.56 Å². The Morgan fingerprint density at radius 1 is 0.475 bits per heavy atom. The average molecular weight is 795 g/mol. The Bertz CT molecular complexity index is 3840. The Labute approximate surface area is 353 Å². The molecule has 4 heterocycles. The summed E-state index contributed by atoms with van der Waals surface area (Å²) in [4.78, 5) is 14.4. The van der Waals surface area contributed by atoms with E-state index in [2.05, 4.69) is 141 Å². The van der Waals surface area contributed by atoms with Gasteiger partial charge in [-0.25, -0.2) is 14.8 Å². The highest BCUT2D eigenvalue weighted by Gasteiger charge is 2.23. The number of nitrogens with zero attached hydrogens (tertiary/aromatic N) is 6. The number of para-hydroxylation sites is 3. The van der Waals surface area contributed by atoms with Gasteiger partial charge in [0.05, 0.1) is 45.7 Å². The molecule has 0 unspecified atom stereocenters. The van der Waals surface area contributed by atoms with Gasteiger partial charge in [-0.15, -0.1) is 11.3 Å². The van der Waals surface area contributed by atoms with Crippen LogP contribution in [0.4, 0.5) is 5.69 Å². The highest BCUT2D eigenvalue weighted by molar-refractivity contribution is 7.25. The molecule has 0 bridgehead atoms. The molecule has 7 heteroatoms. The quantitative estimate of drug-likeness (QED) is 0.163. The van der Waals surface area contributed by atoms with E-state index in [-0.39, 0.29) is 0 Å². The van der Waals surface area contributed by atoms with Crippen LogP contribution in [0.3, 0.4) is 0 Å². The van der Waals surface area contributed by atoms with E-state index in [1.54, 1.807) is 11.3 Å². The molecule has 0 aliphatic carbocycles. The van der Waals surface area contributed by atoms with E-state index in [0.29, 0.717) is 34.0 Å². The minimum absolute atomic E-state index is 0.355. The standard InChI is InChI=1S/C54H30N6S/c1-56-44-29-34(53-43(32-55)52(33-14-4-2-5-15-33)57-54(58-53)35-25-27-51-42(28-35)39-20-10-13-23-50(39)61-51)24-26-47(44)60-46-22-12-9-19-38(46)41-30-40-37-18-8-11-21-45(37)59(48(40)31-49(41)60)36-16-6-3-7-17-36/h2-31H. The SMILES string of the molecule is [C-]#[N+]c1cc(-c2nc(-c3ccc4sc5ccccc5c4c3)nc(-c3ccccc3)c2C#N)ccc1-n1c2ccccc2c2cc3c4ccccc4n(-c4ccccc4)c3cc21. The van der Waals surface area contributed by atoms with Gasteiger partial charge in [-0.3, -0.25) is 0 Å². The number of benzene rings is 8. The normalized spacial score (nSPS) is 11.6. The third-order valence-electron chi connectivity index (χ3n) is 11.8. The van der Waals surface area contributed by atoms with Crippen molar-refractivity contribution in [3.05, 3.63) is 199 Å². The lowest BCUT2D eigenvalue weighted by Gasteiger charge is -2.15. The molecule has 6 nitrogen and oxygen atoms in total. The van der Waals surface area contributed by atoms with Crippen molar-refractivity contribution in [2.75, 3.05) is 0 Å². The summed E-state index contributed by atoms with van der Waals surface area (Å²) in [6, 6.07) is 64.8. The molecule has 0 aliphatic rings. The van der Waals surface area contributed by atoms with E-state index >= 15 is 0 Å². The highest BCUT2D eigenvalue weighted by Crippen LogP contribution is 2.43. The van der Waals surface area contributed by atoms with E-state index in [4.69, 9.17) is 16.5 Å². The molecular weight excluding hydrogens is 765 g/mol. The van der Waals surface area contributed by atoms with E-state index in [9.17, 15) is 5.26 Å². The second-order valence-corrected chi connectivity index (χ2v) is 16.2. The summed E-state index contributed by atoms with van der Waals surface area (Å²) in [6.45, 7) is 8.60. The number of fused-ring (bicyclic) bond motifs is 9. The minimum Gasteiger partial charge on any atom is -0.319 e. The first kappa shape index (κ1) is 34.7. The van der Waals surface area contributed by atoms with Crippen LogP contribution in [-0.2, 0) is 0 Å². The molecular formula is C54H30N6S. The predicted octanol–water partition coefficient (Wildman–Crippen LogP) is 14.5. The van der Waals surface area contributed by atoms with Crippen molar-refractivity contribution >= 4 is 80.8 Å². The lowest BCUT2D eigenvalue weighted by molar-refractivity contribution is 1.16. The number of hydrogen-bond donors (Lipinski definition) is 0. The van der Waals surface area contributed by atoms with Crippen LogP contribution in [0.2, 0.25) is 0 Å². The zero-order valence-corrected chi connectivity index (χ0v) is 33.2. The van der Waals surface area contributed by atoms with Crippen molar-refractivity contribution in [3.63, 3.8) is 0 Å². The Hall–Kier alpha value is -8.36. The fourth-order valence-corrected chi connectivity index (χ4v) is 10.2. The molecule has 4 aromatic heterocycles. The summed E-state index contributed by atoms with van der Waals surface area (Å²) >= 11 is 1.76. The maximum atomic E-state index is 10.8. The number of aromatic nitrogens is 4. The number of thiophene rings is 1. The summed E-state index contributed by atoms with van der Waals surface area (Å²) in [5.41, 5.74) is 10.2. The number of hydrogen-bond acceptors (Lipinski definition) is 4. The van der Waals surface area contributed by atoms with Crippen LogP contribution in [0.5, 0.6) is 0 Å². The monoisotopic (exact) mass is 794 g/mol. The van der Waals surface area contributed by atoms with Gasteiger partial charge in [0.15, 0.2) is 5.82 Å². The largest absolute Gasteiger partial charge is 0.319 e. The van der Waals surface area contributed by atoms with E-state index in [1.165, 1.54) is 25.6 Å². The molecule has 61 heavy (non-hydrogen) atoms. The molecule has 0 radical (unpaired) electrons.